The molecule has 5 heteroatoms. The summed E-state index contributed by atoms with van der Waals surface area (Å²) in [4.78, 5) is 18.6. The lowest BCUT2D eigenvalue weighted by Gasteiger charge is -2.31. The number of ether oxygens (including phenoxy) is 2. The topological polar surface area (TPSA) is 51.1 Å². The van der Waals surface area contributed by atoms with Crippen molar-refractivity contribution in [2.75, 3.05) is 20.8 Å². The molecule has 0 N–H and O–H groups in total. The summed E-state index contributed by atoms with van der Waals surface area (Å²) in [5.41, 5.74) is 2.45. The lowest BCUT2D eigenvalue weighted by atomic mass is 9.83. The molecule has 1 aliphatic heterocycles. The predicted molar refractivity (Wildman–Crippen MR) is 89.0 cm³/mol. The second-order valence-corrected chi connectivity index (χ2v) is 6.17. The normalized spacial score (nSPS) is 25.3. The van der Waals surface area contributed by atoms with Gasteiger partial charge in [0.25, 0.3) is 0 Å². The number of benzene rings is 1. The summed E-state index contributed by atoms with van der Waals surface area (Å²) in [7, 11) is 3.13. The highest BCUT2D eigenvalue weighted by molar-refractivity contribution is 5.89. The molecular weight excluding hydrogens is 292 g/mol. The Labute approximate surface area is 137 Å². The first-order chi connectivity index (χ1) is 11.2. The van der Waals surface area contributed by atoms with E-state index in [0.717, 1.165) is 38.0 Å². The first kappa shape index (κ1) is 15.8. The highest BCUT2D eigenvalue weighted by Gasteiger charge is 2.41. The SMILES string of the molecule is COC(=O)N1CCC2C(=NCc3ccc(OC)cc3)CCCC21. The van der Waals surface area contributed by atoms with Gasteiger partial charge in [-0.3, -0.25) is 4.99 Å². The number of carbonyl (C=O) groups excluding carboxylic acids is 1. The lowest BCUT2D eigenvalue weighted by Crippen LogP contribution is -2.41. The van der Waals surface area contributed by atoms with Crippen molar-refractivity contribution < 1.29 is 14.3 Å². The first-order valence-corrected chi connectivity index (χ1v) is 8.23. The Morgan fingerprint density at radius 1 is 1.26 bits per heavy atom. The molecule has 23 heavy (non-hydrogen) atoms. The molecule has 1 heterocycles. The molecule has 2 atom stereocenters. The predicted octanol–water partition coefficient (Wildman–Crippen LogP) is 3.28. The van der Waals surface area contributed by atoms with Crippen LogP contribution < -0.4 is 4.74 Å². The fraction of sp³-hybridized carbons (Fsp3) is 0.556. The maximum absolute atomic E-state index is 11.9. The molecule has 2 aliphatic rings. The molecule has 124 valence electrons. The average Bonchev–Trinajstić information content (AvgIpc) is 3.04. The van der Waals surface area contributed by atoms with Gasteiger partial charge in [0.2, 0.25) is 0 Å². The smallest absolute Gasteiger partial charge is 0.409 e. The van der Waals surface area contributed by atoms with Gasteiger partial charge in [0.15, 0.2) is 0 Å². The molecule has 1 aliphatic carbocycles. The molecule has 2 unspecified atom stereocenters. The Bertz CT molecular complexity index is 582. The molecule has 0 spiro atoms. The molecule has 1 aromatic carbocycles. The fourth-order valence-electron chi connectivity index (χ4n) is 3.74. The minimum absolute atomic E-state index is 0.200. The zero-order chi connectivity index (χ0) is 16.2. The molecule has 2 fully saturated rings. The van der Waals surface area contributed by atoms with Gasteiger partial charge in [-0.15, -0.1) is 0 Å². The van der Waals surface area contributed by atoms with Crippen molar-refractivity contribution in [1.82, 2.24) is 4.90 Å². The minimum atomic E-state index is -0.200. The van der Waals surface area contributed by atoms with Crippen LogP contribution in [0.5, 0.6) is 5.75 Å². The number of hydrogen-bond donors (Lipinski definition) is 0. The van der Waals surface area contributed by atoms with Crippen molar-refractivity contribution in [2.45, 2.75) is 38.3 Å². The monoisotopic (exact) mass is 316 g/mol. The fourth-order valence-corrected chi connectivity index (χ4v) is 3.74. The number of methoxy groups -OCH3 is 2. The van der Waals surface area contributed by atoms with E-state index in [1.54, 1.807) is 7.11 Å². The first-order valence-electron chi connectivity index (χ1n) is 8.23. The van der Waals surface area contributed by atoms with Crippen molar-refractivity contribution in [3.8, 4) is 5.75 Å². The summed E-state index contributed by atoms with van der Waals surface area (Å²) < 4.78 is 10.1. The van der Waals surface area contributed by atoms with Crippen molar-refractivity contribution in [2.24, 2.45) is 10.9 Å². The second-order valence-electron chi connectivity index (χ2n) is 6.17. The third-order valence-corrected chi connectivity index (χ3v) is 4.94. The third kappa shape index (κ3) is 3.33. The molecule has 0 bridgehead atoms. The zero-order valence-corrected chi connectivity index (χ0v) is 13.8. The Balaban J connectivity index is 1.68. The quantitative estimate of drug-likeness (QED) is 0.860. The van der Waals surface area contributed by atoms with Crippen molar-refractivity contribution in [1.29, 1.82) is 0 Å². The van der Waals surface area contributed by atoms with Gasteiger partial charge >= 0.3 is 6.09 Å². The number of likely N-dealkylation sites (tertiary alicyclic amines) is 1. The van der Waals surface area contributed by atoms with Crippen LogP contribution in [0.3, 0.4) is 0 Å². The molecular formula is C18H24N2O3. The summed E-state index contributed by atoms with van der Waals surface area (Å²) >= 11 is 0. The molecule has 1 saturated carbocycles. The van der Waals surface area contributed by atoms with E-state index in [0.29, 0.717) is 12.5 Å². The van der Waals surface area contributed by atoms with E-state index in [1.807, 2.05) is 17.0 Å². The summed E-state index contributed by atoms with van der Waals surface area (Å²) in [5, 5.41) is 0. The van der Waals surface area contributed by atoms with Crippen LogP contribution in [0.1, 0.15) is 31.2 Å². The molecule has 1 amide bonds. The van der Waals surface area contributed by atoms with E-state index < -0.39 is 0 Å². The summed E-state index contributed by atoms with van der Waals surface area (Å²) in [6, 6.07) is 8.31. The van der Waals surface area contributed by atoms with Gasteiger partial charge < -0.3 is 14.4 Å². The Morgan fingerprint density at radius 3 is 2.74 bits per heavy atom. The van der Waals surface area contributed by atoms with Crippen molar-refractivity contribution in [3.63, 3.8) is 0 Å². The van der Waals surface area contributed by atoms with Crippen LogP contribution in [0, 0.1) is 5.92 Å². The van der Waals surface area contributed by atoms with Gasteiger partial charge in [0.1, 0.15) is 5.75 Å². The number of aliphatic imine (C=N–C) groups is 1. The van der Waals surface area contributed by atoms with E-state index in [-0.39, 0.29) is 12.1 Å². The third-order valence-electron chi connectivity index (χ3n) is 4.94. The number of rotatable bonds is 3. The van der Waals surface area contributed by atoms with Crippen LogP contribution in [0.2, 0.25) is 0 Å². The molecule has 1 aromatic rings. The number of carbonyl (C=O) groups is 1. The van der Waals surface area contributed by atoms with Gasteiger partial charge in [-0.1, -0.05) is 12.1 Å². The Kier molecular flexibility index (Phi) is 4.84. The maximum atomic E-state index is 11.9. The van der Waals surface area contributed by atoms with Crippen LogP contribution >= 0.6 is 0 Å². The zero-order valence-electron chi connectivity index (χ0n) is 13.8. The van der Waals surface area contributed by atoms with E-state index in [1.165, 1.54) is 18.4 Å². The highest BCUT2D eigenvalue weighted by Crippen LogP contribution is 2.35. The van der Waals surface area contributed by atoms with Crippen LogP contribution in [0.4, 0.5) is 4.79 Å². The van der Waals surface area contributed by atoms with Crippen LogP contribution in [0.15, 0.2) is 29.3 Å². The minimum Gasteiger partial charge on any atom is -0.497 e. The van der Waals surface area contributed by atoms with Crippen molar-refractivity contribution >= 4 is 11.8 Å². The van der Waals surface area contributed by atoms with Gasteiger partial charge in [-0.25, -0.2) is 4.79 Å². The maximum Gasteiger partial charge on any atom is 0.409 e. The number of hydrogen-bond acceptors (Lipinski definition) is 4. The van der Waals surface area contributed by atoms with Gasteiger partial charge in [0.05, 0.1) is 20.8 Å². The summed E-state index contributed by atoms with van der Waals surface area (Å²) in [5.74, 6) is 1.27. The van der Waals surface area contributed by atoms with E-state index in [4.69, 9.17) is 14.5 Å². The summed E-state index contributed by atoms with van der Waals surface area (Å²) in [6.45, 7) is 1.48. The van der Waals surface area contributed by atoms with Crippen LogP contribution in [-0.2, 0) is 11.3 Å². The van der Waals surface area contributed by atoms with Gasteiger partial charge in [-0.2, -0.15) is 0 Å². The summed E-state index contributed by atoms with van der Waals surface area (Å²) in [6.07, 6.45) is 4.00. The average molecular weight is 316 g/mol. The molecule has 1 saturated heterocycles. The molecule has 5 nitrogen and oxygen atoms in total. The van der Waals surface area contributed by atoms with Crippen LogP contribution in [-0.4, -0.2) is 43.5 Å². The number of amides is 1. The molecule has 3 rings (SSSR count). The van der Waals surface area contributed by atoms with E-state index in [9.17, 15) is 4.79 Å². The second kappa shape index (κ2) is 7.02. The number of nitrogens with zero attached hydrogens (tertiary/aromatic N) is 2. The van der Waals surface area contributed by atoms with Gasteiger partial charge in [-0.05, 0) is 43.4 Å². The van der Waals surface area contributed by atoms with Gasteiger partial charge in [0, 0.05) is 24.2 Å². The van der Waals surface area contributed by atoms with Crippen LogP contribution in [0.25, 0.3) is 0 Å². The Hall–Kier alpha value is -2.04. The van der Waals surface area contributed by atoms with E-state index in [2.05, 4.69) is 12.1 Å². The number of fused-ring (bicyclic) bond motifs is 1. The largest absolute Gasteiger partial charge is 0.497 e. The Morgan fingerprint density at radius 2 is 2.04 bits per heavy atom. The van der Waals surface area contributed by atoms with Crippen molar-refractivity contribution in [3.05, 3.63) is 29.8 Å². The highest BCUT2D eigenvalue weighted by atomic mass is 16.5. The molecule has 0 aromatic heterocycles. The lowest BCUT2D eigenvalue weighted by molar-refractivity contribution is 0.113. The van der Waals surface area contributed by atoms with E-state index >= 15 is 0 Å². The molecule has 0 radical (unpaired) electrons. The standard InChI is InChI=1S/C18H24N2O3/c1-22-14-8-6-13(7-9-14)12-19-16-4-3-5-17-15(16)10-11-20(17)18(21)23-2/h6-9,15,17H,3-5,10-12H2,1-2H3.